The average molecular weight is 571 g/mol. The summed E-state index contributed by atoms with van der Waals surface area (Å²) in [7, 11) is 0. The Bertz CT molecular complexity index is 1180. The molecule has 6 nitrogen and oxygen atoms in total. The number of carboxylic acids is 1. The molecule has 1 saturated heterocycles. The predicted molar refractivity (Wildman–Crippen MR) is 114 cm³/mol. The van der Waals surface area contributed by atoms with Gasteiger partial charge in [0.15, 0.2) is 0 Å². The number of carboxylic acid groups (broad SMARTS) is 1. The third-order valence-corrected chi connectivity index (χ3v) is 6.66. The van der Waals surface area contributed by atoms with Gasteiger partial charge in [-0.15, -0.1) is 0 Å². The van der Waals surface area contributed by atoms with E-state index in [1.54, 1.807) is 36.4 Å². The van der Waals surface area contributed by atoms with E-state index in [9.17, 15) is 54.2 Å². The fourth-order valence-corrected chi connectivity index (χ4v) is 4.93. The zero-order valence-electron chi connectivity index (χ0n) is 19.4. The molecule has 39 heavy (non-hydrogen) atoms. The number of rotatable bonds is 5. The molecule has 0 spiro atoms. The topological polar surface area (TPSA) is 76.1 Å². The van der Waals surface area contributed by atoms with Crippen molar-refractivity contribution in [3.63, 3.8) is 0 Å². The standard InChI is InChI=1S/C24H18F9NO5/c25-22(26,27)21(23(28,29)30,24(31,32)33)39-12-9-18(19(35)36)34(10-12)20(37)38-11-17-15-7-3-1-5-13(15)14-6-2-4-8-16(14)17/h1-8,12,17-18H,9-11H2,(H,35,36)/t12-,18+/m1/s1. The molecule has 0 aromatic heterocycles. The van der Waals surface area contributed by atoms with E-state index in [4.69, 9.17) is 4.74 Å². The number of hydrogen-bond donors (Lipinski definition) is 1. The summed E-state index contributed by atoms with van der Waals surface area (Å²) in [5.74, 6) is -2.42. The highest BCUT2D eigenvalue weighted by Crippen LogP contribution is 2.56. The van der Waals surface area contributed by atoms with Gasteiger partial charge in [0.05, 0.1) is 12.6 Å². The number of carbonyl (C=O) groups is 2. The number of fused-ring (bicyclic) bond motifs is 3. The van der Waals surface area contributed by atoms with Gasteiger partial charge < -0.3 is 14.6 Å². The zero-order chi connectivity index (χ0) is 29.0. The molecule has 2 atom stereocenters. The van der Waals surface area contributed by atoms with E-state index >= 15 is 0 Å². The van der Waals surface area contributed by atoms with Gasteiger partial charge in [0, 0.05) is 12.3 Å². The third-order valence-electron chi connectivity index (χ3n) is 6.66. The van der Waals surface area contributed by atoms with Crippen LogP contribution in [-0.4, -0.2) is 71.5 Å². The number of ether oxygens (including phenoxy) is 2. The van der Waals surface area contributed by atoms with E-state index in [0.717, 1.165) is 22.3 Å². The second-order valence-electron chi connectivity index (χ2n) is 8.96. The number of likely N-dealkylation sites (tertiary alicyclic amines) is 1. The van der Waals surface area contributed by atoms with Crippen LogP contribution in [0.1, 0.15) is 23.5 Å². The molecular weight excluding hydrogens is 553 g/mol. The van der Waals surface area contributed by atoms with Crippen molar-refractivity contribution < 1.29 is 63.7 Å². The number of nitrogens with zero attached hydrogens (tertiary/aromatic N) is 1. The summed E-state index contributed by atoms with van der Waals surface area (Å²) in [5, 5.41) is 9.40. The number of carbonyl (C=O) groups excluding carboxylic acids is 1. The van der Waals surface area contributed by atoms with Crippen LogP contribution in [0.5, 0.6) is 0 Å². The van der Waals surface area contributed by atoms with Gasteiger partial charge in [0.1, 0.15) is 12.6 Å². The molecule has 1 amide bonds. The Morgan fingerprint density at radius 3 is 1.72 bits per heavy atom. The second-order valence-corrected chi connectivity index (χ2v) is 8.96. The van der Waals surface area contributed by atoms with Crippen LogP contribution in [0.3, 0.4) is 0 Å². The molecule has 2 aromatic carbocycles. The Morgan fingerprint density at radius 2 is 1.28 bits per heavy atom. The average Bonchev–Trinajstić information content (AvgIpc) is 3.38. The summed E-state index contributed by atoms with van der Waals surface area (Å²) < 4.78 is 128. The minimum absolute atomic E-state index is 0.244. The van der Waals surface area contributed by atoms with Crippen molar-refractivity contribution >= 4 is 12.1 Å². The van der Waals surface area contributed by atoms with E-state index in [-0.39, 0.29) is 4.90 Å². The van der Waals surface area contributed by atoms with Crippen molar-refractivity contribution in [3.8, 4) is 11.1 Å². The summed E-state index contributed by atoms with van der Waals surface area (Å²) in [6.07, 6.45) is -26.3. The van der Waals surface area contributed by atoms with Crippen LogP contribution in [0.2, 0.25) is 0 Å². The smallest absolute Gasteiger partial charge is 0.435 e. The molecule has 212 valence electrons. The SMILES string of the molecule is O=C(O)[C@@H]1C[C@@H](OC(C(F)(F)F)(C(F)(F)F)C(F)(F)F)CN1C(=O)OCC1c2ccccc2-c2ccccc21. The number of amides is 1. The monoisotopic (exact) mass is 571 g/mol. The Morgan fingerprint density at radius 1 is 0.821 bits per heavy atom. The van der Waals surface area contributed by atoms with Crippen molar-refractivity contribution in [2.75, 3.05) is 13.2 Å². The molecule has 0 unspecified atom stereocenters. The van der Waals surface area contributed by atoms with Gasteiger partial charge in [-0.05, 0) is 22.3 Å². The van der Waals surface area contributed by atoms with E-state index < -0.39 is 73.8 Å². The lowest BCUT2D eigenvalue weighted by atomic mass is 9.98. The van der Waals surface area contributed by atoms with E-state index in [0.29, 0.717) is 0 Å². The molecule has 0 radical (unpaired) electrons. The van der Waals surface area contributed by atoms with Crippen molar-refractivity contribution in [3.05, 3.63) is 59.7 Å². The van der Waals surface area contributed by atoms with Gasteiger partial charge in [0.2, 0.25) is 0 Å². The minimum Gasteiger partial charge on any atom is -0.480 e. The number of aliphatic carboxylic acids is 1. The highest BCUT2D eigenvalue weighted by molar-refractivity contribution is 5.81. The molecule has 1 fully saturated rings. The van der Waals surface area contributed by atoms with Crippen LogP contribution < -0.4 is 0 Å². The van der Waals surface area contributed by atoms with Gasteiger partial charge in [-0.1, -0.05) is 48.5 Å². The Balaban J connectivity index is 1.56. The molecule has 1 aliphatic heterocycles. The molecule has 1 aliphatic carbocycles. The first-order valence-electron chi connectivity index (χ1n) is 11.2. The van der Waals surface area contributed by atoms with Gasteiger partial charge in [-0.3, -0.25) is 4.90 Å². The second kappa shape index (κ2) is 9.61. The van der Waals surface area contributed by atoms with E-state index in [1.165, 1.54) is 0 Å². The largest absolute Gasteiger partial charge is 0.480 e. The quantitative estimate of drug-likeness (QED) is 0.452. The molecule has 0 bridgehead atoms. The minimum atomic E-state index is -7.00. The summed E-state index contributed by atoms with van der Waals surface area (Å²) in [6, 6.07) is 12.0. The molecule has 4 rings (SSSR count). The molecule has 15 heteroatoms. The number of alkyl halides is 9. The van der Waals surface area contributed by atoms with E-state index in [1.807, 2.05) is 12.1 Å². The Labute approximate surface area is 213 Å². The molecule has 1 heterocycles. The number of benzene rings is 2. The molecule has 1 N–H and O–H groups in total. The molecule has 2 aromatic rings. The predicted octanol–water partition coefficient (Wildman–Crippen LogP) is 5.91. The Hall–Kier alpha value is -3.49. The molecule has 0 saturated carbocycles. The first-order valence-corrected chi connectivity index (χ1v) is 11.2. The van der Waals surface area contributed by atoms with E-state index in [2.05, 4.69) is 4.74 Å². The maximum absolute atomic E-state index is 13.3. The highest BCUT2D eigenvalue weighted by Gasteiger charge is 2.86. The molecule has 2 aliphatic rings. The van der Waals surface area contributed by atoms with Gasteiger partial charge in [-0.2, -0.15) is 39.5 Å². The summed E-state index contributed by atoms with van der Waals surface area (Å²) in [5.41, 5.74) is -3.45. The highest BCUT2D eigenvalue weighted by atomic mass is 19.4. The first kappa shape index (κ1) is 28.5. The fraction of sp³-hybridized carbons (Fsp3) is 0.417. The summed E-state index contributed by atoms with van der Waals surface area (Å²) in [6.45, 7) is -1.71. The zero-order valence-corrected chi connectivity index (χ0v) is 19.4. The number of halogens is 9. The van der Waals surface area contributed by atoms with Crippen LogP contribution in [0.15, 0.2) is 48.5 Å². The van der Waals surface area contributed by atoms with Crippen LogP contribution >= 0.6 is 0 Å². The third kappa shape index (κ3) is 4.76. The van der Waals surface area contributed by atoms with Crippen molar-refractivity contribution in [1.82, 2.24) is 4.90 Å². The lowest BCUT2D eigenvalue weighted by molar-refractivity contribution is -0.463. The normalized spacial score (nSPS) is 20.1. The summed E-state index contributed by atoms with van der Waals surface area (Å²) in [4.78, 5) is 24.6. The maximum Gasteiger partial charge on any atom is 0.435 e. The fourth-order valence-electron chi connectivity index (χ4n) is 4.93. The van der Waals surface area contributed by atoms with Crippen molar-refractivity contribution in [1.29, 1.82) is 0 Å². The lowest BCUT2D eigenvalue weighted by Gasteiger charge is -2.39. The van der Waals surface area contributed by atoms with Gasteiger partial charge in [0.25, 0.3) is 0 Å². The van der Waals surface area contributed by atoms with Gasteiger partial charge >= 0.3 is 36.2 Å². The first-order chi connectivity index (χ1) is 18.0. The maximum atomic E-state index is 13.3. The van der Waals surface area contributed by atoms with Crippen LogP contribution in [-0.2, 0) is 14.3 Å². The lowest BCUT2D eigenvalue weighted by Crippen LogP contribution is -2.68. The Kier molecular flexibility index (Phi) is 7.02. The van der Waals surface area contributed by atoms with Crippen molar-refractivity contribution in [2.45, 2.75) is 48.6 Å². The van der Waals surface area contributed by atoms with Crippen molar-refractivity contribution in [2.24, 2.45) is 0 Å². The van der Waals surface area contributed by atoms with Crippen LogP contribution in [0.4, 0.5) is 44.3 Å². The van der Waals surface area contributed by atoms with Crippen LogP contribution in [0.25, 0.3) is 11.1 Å². The van der Waals surface area contributed by atoms with Crippen LogP contribution in [0, 0.1) is 0 Å². The molecular formula is C24H18F9NO5. The van der Waals surface area contributed by atoms with Gasteiger partial charge in [-0.25, -0.2) is 9.59 Å². The number of hydrogen-bond acceptors (Lipinski definition) is 4. The summed E-state index contributed by atoms with van der Waals surface area (Å²) >= 11 is 0.